The SMILES string of the molecule is Cc1cc(C)nc(SCCCCCCl)n1. The Morgan fingerprint density at radius 1 is 1.13 bits per heavy atom. The number of rotatable bonds is 6. The Balaban J connectivity index is 2.31. The first-order chi connectivity index (χ1) is 7.22. The van der Waals surface area contributed by atoms with Crippen LogP contribution in [0.2, 0.25) is 0 Å². The van der Waals surface area contributed by atoms with E-state index in [1.54, 1.807) is 11.8 Å². The van der Waals surface area contributed by atoms with Crippen LogP contribution in [0.1, 0.15) is 30.7 Å². The number of nitrogens with zero attached hydrogens (tertiary/aromatic N) is 2. The molecule has 4 heteroatoms. The van der Waals surface area contributed by atoms with Crippen LogP contribution in [-0.2, 0) is 0 Å². The summed E-state index contributed by atoms with van der Waals surface area (Å²) < 4.78 is 0. The summed E-state index contributed by atoms with van der Waals surface area (Å²) in [5, 5.41) is 0.901. The second kappa shape index (κ2) is 7.07. The smallest absolute Gasteiger partial charge is 0.187 e. The number of alkyl halides is 1. The first-order valence-corrected chi connectivity index (χ1v) is 6.75. The molecule has 2 nitrogen and oxygen atoms in total. The second-order valence-corrected chi connectivity index (χ2v) is 4.97. The minimum absolute atomic E-state index is 0.769. The van der Waals surface area contributed by atoms with Gasteiger partial charge in [-0.05, 0) is 32.8 Å². The summed E-state index contributed by atoms with van der Waals surface area (Å²) in [5.41, 5.74) is 2.09. The zero-order valence-corrected chi connectivity index (χ0v) is 10.9. The minimum Gasteiger partial charge on any atom is -0.228 e. The molecular weight excluding hydrogens is 228 g/mol. The van der Waals surface area contributed by atoms with Gasteiger partial charge >= 0.3 is 0 Å². The molecule has 0 saturated carbocycles. The Morgan fingerprint density at radius 2 is 1.80 bits per heavy atom. The molecule has 0 unspecified atom stereocenters. The first-order valence-electron chi connectivity index (χ1n) is 5.23. The van der Waals surface area contributed by atoms with E-state index < -0.39 is 0 Å². The van der Waals surface area contributed by atoms with Crippen molar-refractivity contribution in [1.82, 2.24) is 9.97 Å². The Labute approximate surface area is 101 Å². The van der Waals surface area contributed by atoms with E-state index in [0.717, 1.165) is 34.6 Å². The number of halogens is 1. The topological polar surface area (TPSA) is 25.8 Å². The van der Waals surface area contributed by atoms with Crippen LogP contribution in [-0.4, -0.2) is 21.6 Å². The fraction of sp³-hybridized carbons (Fsp3) is 0.636. The van der Waals surface area contributed by atoms with Gasteiger partial charge in [-0.2, -0.15) is 0 Å². The van der Waals surface area contributed by atoms with E-state index >= 15 is 0 Å². The van der Waals surface area contributed by atoms with Crippen LogP contribution in [0.25, 0.3) is 0 Å². The van der Waals surface area contributed by atoms with Crippen LogP contribution >= 0.6 is 23.4 Å². The first kappa shape index (κ1) is 12.8. The Bertz CT molecular complexity index is 284. The number of aryl methyl sites for hydroxylation is 2. The fourth-order valence-corrected chi connectivity index (χ4v) is 2.43. The van der Waals surface area contributed by atoms with Gasteiger partial charge in [-0.1, -0.05) is 18.2 Å². The molecule has 0 saturated heterocycles. The maximum absolute atomic E-state index is 5.61. The summed E-state index contributed by atoms with van der Waals surface area (Å²) in [5.74, 6) is 1.85. The molecular formula is C11H17ClN2S. The van der Waals surface area contributed by atoms with Crippen molar-refractivity contribution in [2.75, 3.05) is 11.6 Å². The maximum Gasteiger partial charge on any atom is 0.187 e. The van der Waals surface area contributed by atoms with E-state index in [2.05, 4.69) is 9.97 Å². The number of aromatic nitrogens is 2. The number of unbranched alkanes of at least 4 members (excludes halogenated alkanes) is 2. The predicted molar refractivity (Wildman–Crippen MR) is 66.8 cm³/mol. The van der Waals surface area contributed by atoms with Gasteiger partial charge in [-0.25, -0.2) is 9.97 Å². The van der Waals surface area contributed by atoms with Gasteiger partial charge in [0.2, 0.25) is 0 Å². The van der Waals surface area contributed by atoms with Crippen LogP contribution in [0, 0.1) is 13.8 Å². The highest BCUT2D eigenvalue weighted by Crippen LogP contribution is 2.16. The summed E-state index contributed by atoms with van der Waals surface area (Å²) in [6, 6.07) is 2.00. The van der Waals surface area contributed by atoms with Crippen molar-refractivity contribution in [2.45, 2.75) is 38.3 Å². The third-order valence-corrected chi connectivity index (χ3v) is 3.17. The van der Waals surface area contributed by atoms with Crippen LogP contribution in [0.3, 0.4) is 0 Å². The molecule has 0 aromatic carbocycles. The van der Waals surface area contributed by atoms with E-state index in [0.29, 0.717) is 0 Å². The molecule has 0 amide bonds. The van der Waals surface area contributed by atoms with Gasteiger partial charge in [0.05, 0.1) is 0 Å². The Morgan fingerprint density at radius 3 is 2.40 bits per heavy atom. The zero-order chi connectivity index (χ0) is 11.1. The molecule has 1 aromatic rings. The lowest BCUT2D eigenvalue weighted by molar-refractivity contribution is 0.780. The molecule has 0 N–H and O–H groups in total. The molecule has 15 heavy (non-hydrogen) atoms. The molecule has 0 spiro atoms. The average molecular weight is 245 g/mol. The standard InChI is InChI=1S/C11H17ClN2S/c1-9-8-10(2)14-11(13-9)15-7-5-3-4-6-12/h8H,3-7H2,1-2H3. The molecule has 0 radical (unpaired) electrons. The largest absolute Gasteiger partial charge is 0.228 e. The summed E-state index contributed by atoms with van der Waals surface area (Å²) in [7, 11) is 0. The van der Waals surface area contributed by atoms with Crippen molar-refractivity contribution in [3.05, 3.63) is 17.5 Å². The minimum atomic E-state index is 0.769. The Hall–Kier alpha value is -0.280. The molecule has 0 aliphatic rings. The maximum atomic E-state index is 5.61. The van der Waals surface area contributed by atoms with Crippen LogP contribution in [0.15, 0.2) is 11.2 Å². The lowest BCUT2D eigenvalue weighted by atomic mass is 10.3. The molecule has 0 bridgehead atoms. The molecule has 1 heterocycles. The molecule has 0 fully saturated rings. The number of hydrogen-bond acceptors (Lipinski definition) is 3. The van der Waals surface area contributed by atoms with Crippen molar-refractivity contribution in [3.63, 3.8) is 0 Å². The van der Waals surface area contributed by atoms with Crippen molar-refractivity contribution in [3.8, 4) is 0 Å². The third-order valence-electron chi connectivity index (χ3n) is 1.97. The molecule has 0 atom stereocenters. The van der Waals surface area contributed by atoms with Gasteiger partial charge in [-0.15, -0.1) is 11.6 Å². The lowest BCUT2D eigenvalue weighted by Crippen LogP contribution is -1.93. The summed E-state index contributed by atoms with van der Waals surface area (Å²) in [6.45, 7) is 4.01. The quantitative estimate of drug-likeness (QED) is 0.331. The summed E-state index contributed by atoms with van der Waals surface area (Å²) >= 11 is 7.34. The van der Waals surface area contributed by atoms with Crippen LogP contribution < -0.4 is 0 Å². The zero-order valence-electron chi connectivity index (χ0n) is 9.29. The van der Waals surface area contributed by atoms with Crippen molar-refractivity contribution in [2.24, 2.45) is 0 Å². The van der Waals surface area contributed by atoms with Crippen molar-refractivity contribution >= 4 is 23.4 Å². The van der Waals surface area contributed by atoms with E-state index in [1.165, 1.54) is 12.8 Å². The van der Waals surface area contributed by atoms with E-state index in [4.69, 9.17) is 11.6 Å². The second-order valence-electron chi connectivity index (χ2n) is 3.53. The monoisotopic (exact) mass is 244 g/mol. The highest BCUT2D eigenvalue weighted by Gasteiger charge is 1.99. The molecule has 84 valence electrons. The number of thioether (sulfide) groups is 1. The third kappa shape index (κ3) is 5.38. The van der Waals surface area contributed by atoms with Gasteiger partial charge in [0.15, 0.2) is 5.16 Å². The van der Waals surface area contributed by atoms with Gasteiger partial charge in [-0.3, -0.25) is 0 Å². The average Bonchev–Trinajstić information content (AvgIpc) is 2.16. The highest BCUT2D eigenvalue weighted by atomic mass is 35.5. The highest BCUT2D eigenvalue weighted by molar-refractivity contribution is 7.99. The molecule has 0 aliphatic heterocycles. The Kier molecular flexibility index (Phi) is 6.03. The van der Waals surface area contributed by atoms with Gasteiger partial charge < -0.3 is 0 Å². The van der Waals surface area contributed by atoms with E-state index in [9.17, 15) is 0 Å². The molecule has 1 aromatic heterocycles. The van der Waals surface area contributed by atoms with Crippen molar-refractivity contribution in [1.29, 1.82) is 0 Å². The van der Waals surface area contributed by atoms with Crippen LogP contribution in [0.4, 0.5) is 0 Å². The predicted octanol–water partition coefficient (Wildman–Crippen LogP) is 3.59. The van der Waals surface area contributed by atoms with Crippen molar-refractivity contribution < 1.29 is 0 Å². The van der Waals surface area contributed by atoms with Crippen LogP contribution in [0.5, 0.6) is 0 Å². The fourth-order valence-electron chi connectivity index (χ4n) is 1.29. The number of hydrogen-bond donors (Lipinski definition) is 0. The molecule has 0 aliphatic carbocycles. The lowest BCUT2D eigenvalue weighted by Gasteiger charge is -2.02. The van der Waals surface area contributed by atoms with Gasteiger partial charge in [0.25, 0.3) is 0 Å². The molecule has 1 rings (SSSR count). The normalized spacial score (nSPS) is 10.6. The summed E-state index contributed by atoms with van der Waals surface area (Å²) in [6.07, 6.45) is 3.49. The van der Waals surface area contributed by atoms with Gasteiger partial charge in [0.1, 0.15) is 0 Å². The van der Waals surface area contributed by atoms with E-state index in [1.807, 2.05) is 19.9 Å². The summed E-state index contributed by atoms with van der Waals surface area (Å²) in [4.78, 5) is 8.76. The van der Waals surface area contributed by atoms with E-state index in [-0.39, 0.29) is 0 Å². The van der Waals surface area contributed by atoms with Gasteiger partial charge in [0, 0.05) is 23.0 Å².